The Labute approximate surface area is 131 Å². The molecule has 0 atom stereocenters. The van der Waals surface area contributed by atoms with Gasteiger partial charge in [-0.3, -0.25) is 0 Å². The van der Waals surface area contributed by atoms with Crippen molar-refractivity contribution >= 4 is 18.1 Å². The number of rotatable bonds is 5. The van der Waals surface area contributed by atoms with Gasteiger partial charge in [-0.15, -0.1) is 0 Å². The number of esters is 1. The Balaban J connectivity index is 2.40. The quantitative estimate of drug-likeness (QED) is 0.671. The second kappa shape index (κ2) is 8.22. The zero-order valence-electron chi connectivity index (χ0n) is 13.5. The van der Waals surface area contributed by atoms with Crippen LogP contribution in [-0.4, -0.2) is 31.3 Å². The van der Waals surface area contributed by atoms with Crippen molar-refractivity contribution in [2.45, 2.75) is 32.8 Å². The van der Waals surface area contributed by atoms with Crippen molar-refractivity contribution in [3.8, 4) is 0 Å². The highest BCUT2D eigenvalue weighted by atomic mass is 16.6. The van der Waals surface area contributed by atoms with Gasteiger partial charge >= 0.3 is 12.1 Å². The average molecular weight is 305 g/mol. The van der Waals surface area contributed by atoms with Crippen molar-refractivity contribution in [1.29, 1.82) is 0 Å². The first kappa shape index (κ1) is 17.8. The van der Waals surface area contributed by atoms with Crippen LogP contribution in [0.4, 0.5) is 4.79 Å². The number of hydrogen-bond donors (Lipinski definition) is 1. The van der Waals surface area contributed by atoms with E-state index in [9.17, 15) is 9.59 Å². The molecule has 0 radical (unpaired) electrons. The summed E-state index contributed by atoms with van der Waals surface area (Å²) in [5, 5.41) is 2.71. The molecule has 5 heteroatoms. The van der Waals surface area contributed by atoms with Crippen LogP contribution < -0.4 is 5.32 Å². The van der Waals surface area contributed by atoms with Crippen LogP contribution in [0.1, 0.15) is 31.9 Å². The number of carbonyl (C=O) groups is 2. The molecule has 1 aromatic rings. The lowest BCUT2D eigenvalue weighted by molar-refractivity contribution is -0.134. The van der Waals surface area contributed by atoms with Crippen LogP contribution in [0, 0.1) is 0 Å². The third-order valence-corrected chi connectivity index (χ3v) is 2.67. The number of methoxy groups -OCH3 is 1. The zero-order chi connectivity index (χ0) is 16.6. The Bertz CT molecular complexity index is 527. The van der Waals surface area contributed by atoms with E-state index in [-0.39, 0.29) is 5.97 Å². The monoisotopic (exact) mass is 305 g/mol. The first-order chi connectivity index (χ1) is 10.3. The summed E-state index contributed by atoms with van der Waals surface area (Å²) in [6.07, 6.45) is 3.36. The summed E-state index contributed by atoms with van der Waals surface area (Å²) >= 11 is 0. The number of carbonyl (C=O) groups excluding carboxylic acids is 2. The third-order valence-electron chi connectivity index (χ3n) is 2.67. The summed E-state index contributed by atoms with van der Waals surface area (Å²) in [5.74, 6) is -0.384. The molecule has 0 saturated carbocycles. The van der Waals surface area contributed by atoms with Crippen molar-refractivity contribution < 1.29 is 19.1 Å². The fourth-order valence-electron chi connectivity index (χ4n) is 1.65. The van der Waals surface area contributed by atoms with Gasteiger partial charge < -0.3 is 14.8 Å². The Morgan fingerprint density at radius 1 is 1.18 bits per heavy atom. The zero-order valence-corrected chi connectivity index (χ0v) is 13.5. The maximum Gasteiger partial charge on any atom is 0.407 e. The van der Waals surface area contributed by atoms with E-state index in [1.165, 1.54) is 13.2 Å². The minimum absolute atomic E-state index is 0.384. The minimum atomic E-state index is -0.488. The second-order valence-corrected chi connectivity index (χ2v) is 5.78. The summed E-state index contributed by atoms with van der Waals surface area (Å²) < 4.78 is 9.68. The van der Waals surface area contributed by atoms with Gasteiger partial charge in [-0.25, -0.2) is 9.59 Å². The molecule has 120 valence electrons. The molecular formula is C17H23NO4. The number of alkyl carbamates (subject to hydrolysis) is 1. The molecule has 1 aromatic carbocycles. The second-order valence-electron chi connectivity index (χ2n) is 5.78. The van der Waals surface area contributed by atoms with Gasteiger partial charge in [-0.1, -0.05) is 24.3 Å². The highest BCUT2D eigenvalue weighted by Gasteiger charge is 2.15. The van der Waals surface area contributed by atoms with Crippen LogP contribution >= 0.6 is 0 Å². The molecule has 5 nitrogen and oxygen atoms in total. The molecule has 0 spiro atoms. The Morgan fingerprint density at radius 2 is 1.82 bits per heavy atom. The first-order valence-electron chi connectivity index (χ1n) is 7.12. The summed E-state index contributed by atoms with van der Waals surface area (Å²) in [7, 11) is 1.34. The van der Waals surface area contributed by atoms with Crippen LogP contribution in [0.5, 0.6) is 0 Å². The number of benzene rings is 1. The van der Waals surface area contributed by atoms with E-state index in [0.29, 0.717) is 13.0 Å². The Hall–Kier alpha value is -2.30. The van der Waals surface area contributed by atoms with Crippen molar-refractivity contribution in [2.24, 2.45) is 0 Å². The summed E-state index contributed by atoms with van der Waals surface area (Å²) in [6, 6.07) is 7.71. The van der Waals surface area contributed by atoms with Gasteiger partial charge in [0, 0.05) is 12.6 Å². The molecular weight excluding hydrogens is 282 g/mol. The highest BCUT2D eigenvalue weighted by Crippen LogP contribution is 2.08. The van der Waals surface area contributed by atoms with Crippen molar-refractivity contribution in [3.05, 3.63) is 41.5 Å². The van der Waals surface area contributed by atoms with Crippen LogP contribution in [0.3, 0.4) is 0 Å². The lowest BCUT2D eigenvalue weighted by Gasteiger charge is -2.19. The van der Waals surface area contributed by atoms with Crippen LogP contribution in [0.2, 0.25) is 0 Å². The maximum atomic E-state index is 11.5. The summed E-state index contributed by atoms with van der Waals surface area (Å²) in [5.41, 5.74) is 1.51. The van der Waals surface area contributed by atoms with E-state index in [1.807, 2.05) is 45.0 Å². The van der Waals surface area contributed by atoms with Crippen LogP contribution in [0.15, 0.2) is 30.3 Å². The maximum absolute atomic E-state index is 11.5. The molecule has 0 saturated heterocycles. The van der Waals surface area contributed by atoms with Gasteiger partial charge in [-0.05, 0) is 44.4 Å². The van der Waals surface area contributed by atoms with Crippen LogP contribution in [0.25, 0.3) is 6.08 Å². The Morgan fingerprint density at radius 3 is 2.36 bits per heavy atom. The molecule has 0 aromatic heterocycles. The van der Waals surface area contributed by atoms with Gasteiger partial charge in [0.15, 0.2) is 0 Å². The molecule has 22 heavy (non-hydrogen) atoms. The molecule has 0 aliphatic heterocycles. The largest absolute Gasteiger partial charge is 0.466 e. The predicted molar refractivity (Wildman–Crippen MR) is 85.4 cm³/mol. The molecule has 0 aliphatic carbocycles. The molecule has 1 amide bonds. The van der Waals surface area contributed by atoms with E-state index in [1.54, 1.807) is 6.08 Å². The average Bonchev–Trinajstić information content (AvgIpc) is 2.44. The van der Waals surface area contributed by atoms with E-state index in [2.05, 4.69) is 10.1 Å². The van der Waals surface area contributed by atoms with Gasteiger partial charge in [0.1, 0.15) is 5.60 Å². The van der Waals surface area contributed by atoms with E-state index in [4.69, 9.17) is 4.74 Å². The molecule has 0 heterocycles. The van der Waals surface area contributed by atoms with Crippen molar-refractivity contribution in [3.63, 3.8) is 0 Å². The normalized spacial score (nSPS) is 11.3. The lowest BCUT2D eigenvalue weighted by Crippen LogP contribution is -2.33. The number of hydrogen-bond acceptors (Lipinski definition) is 4. The minimum Gasteiger partial charge on any atom is -0.466 e. The third kappa shape index (κ3) is 7.47. The lowest BCUT2D eigenvalue weighted by atomic mass is 10.1. The van der Waals surface area contributed by atoms with Crippen molar-refractivity contribution in [2.75, 3.05) is 13.7 Å². The molecule has 0 fully saturated rings. The van der Waals surface area contributed by atoms with Crippen LogP contribution in [-0.2, 0) is 20.7 Å². The predicted octanol–water partition coefficient (Wildman–Crippen LogP) is 2.94. The SMILES string of the molecule is COC(=O)/C=C/c1ccc(CCNC(=O)OC(C)(C)C)cc1. The fourth-order valence-corrected chi connectivity index (χ4v) is 1.65. The van der Waals surface area contributed by atoms with Crippen molar-refractivity contribution in [1.82, 2.24) is 5.32 Å². The van der Waals surface area contributed by atoms with E-state index >= 15 is 0 Å². The van der Waals surface area contributed by atoms with Gasteiger partial charge in [0.05, 0.1) is 7.11 Å². The standard InChI is InChI=1S/C17H23NO4/c1-17(2,3)22-16(20)18-12-11-14-7-5-13(6-8-14)9-10-15(19)21-4/h5-10H,11-12H2,1-4H3,(H,18,20)/b10-9+. The van der Waals surface area contributed by atoms with E-state index in [0.717, 1.165) is 11.1 Å². The number of nitrogens with one attached hydrogen (secondary N) is 1. The molecule has 1 N–H and O–H groups in total. The molecule has 0 aliphatic rings. The smallest absolute Gasteiger partial charge is 0.407 e. The molecule has 1 rings (SSSR count). The molecule has 0 bridgehead atoms. The number of amides is 1. The topological polar surface area (TPSA) is 64.6 Å². The highest BCUT2D eigenvalue weighted by molar-refractivity contribution is 5.86. The van der Waals surface area contributed by atoms with Gasteiger partial charge in [-0.2, -0.15) is 0 Å². The first-order valence-corrected chi connectivity index (χ1v) is 7.12. The Kier molecular flexibility index (Phi) is 6.63. The fraction of sp³-hybridized carbons (Fsp3) is 0.412. The summed E-state index contributed by atoms with van der Waals surface area (Å²) in [4.78, 5) is 22.5. The summed E-state index contributed by atoms with van der Waals surface area (Å²) in [6.45, 7) is 5.99. The van der Waals surface area contributed by atoms with E-state index < -0.39 is 11.7 Å². The molecule has 0 unspecified atom stereocenters. The van der Waals surface area contributed by atoms with Gasteiger partial charge in [0.25, 0.3) is 0 Å². The number of ether oxygens (including phenoxy) is 2. The van der Waals surface area contributed by atoms with Gasteiger partial charge in [0.2, 0.25) is 0 Å².